The summed E-state index contributed by atoms with van der Waals surface area (Å²) in [5.74, 6) is 0.544. The van der Waals surface area contributed by atoms with Gasteiger partial charge in [-0.05, 0) is 42.0 Å². The predicted octanol–water partition coefficient (Wildman–Crippen LogP) is 2.93. The van der Waals surface area contributed by atoms with E-state index in [1.807, 2.05) is 32.0 Å². The van der Waals surface area contributed by atoms with Crippen molar-refractivity contribution in [3.63, 3.8) is 0 Å². The van der Waals surface area contributed by atoms with Gasteiger partial charge in [0.15, 0.2) is 0 Å². The van der Waals surface area contributed by atoms with Gasteiger partial charge in [-0.3, -0.25) is 18.7 Å². The Bertz CT molecular complexity index is 1140. The van der Waals surface area contributed by atoms with Crippen molar-refractivity contribution in [3.05, 3.63) is 62.1 Å². The highest BCUT2D eigenvalue weighted by Gasteiger charge is 2.19. The second kappa shape index (κ2) is 9.75. The number of methoxy groups -OCH3 is 1. The molecule has 0 N–H and O–H groups in total. The van der Waals surface area contributed by atoms with Crippen molar-refractivity contribution in [2.24, 2.45) is 0 Å². The van der Waals surface area contributed by atoms with Crippen LogP contribution < -0.4 is 16.0 Å². The average molecular weight is 430 g/mol. The third-order valence-electron chi connectivity index (χ3n) is 4.94. The maximum Gasteiger partial charge on any atom is 0.332 e. The van der Waals surface area contributed by atoms with Gasteiger partial charge in [0.1, 0.15) is 17.0 Å². The normalized spacial score (nSPS) is 11.0. The molecule has 8 heteroatoms. The van der Waals surface area contributed by atoms with Gasteiger partial charge in [-0.15, -0.1) is 11.3 Å². The SMILES string of the molecule is CCCN(CCC)C(=O)Cn1c(=O)n(Cc2cccc(OC)c2)c(=O)c2sccc21. The molecule has 0 spiro atoms. The summed E-state index contributed by atoms with van der Waals surface area (Å²) in [7, 11) is 1.57. The van der Waals surface area contributed by atoms with Crippen LogP contribution in [0.2, 0.25) is 0 Å². The van der Waals surface area contributed by atoms with E-state index in [4.69, 9.17) is 4.74 Å². The number of aromatic nitrogens is 2. The van der Waals surface area contributed by atoms with Gasteiger partial charge in [0.05, 0.1) is 19.2 Å². The van der Waals surface area contributed by atoms with Gasteiger partial charge in [0, 0.05) is 13.1 Å². The zero-order valence-corrected chi connectivity index (χ0v) is 18.4. The summed E-state index contributed by atoms with van der Waals surface area (Å²) >= 11 is 1.28. The summed E-state index contributed by atoms with van der Waals surface area (Å²) < 4.78 is 8.34. The van der Waals surface area contributed by atoms with Crippen LogP contribution in [-0.2, 0) is 17.9 Å². The minimum atomic E-state index is -0.477. The molecule has 0 saturated carbocycles. The molecule has 160 valence electrons. The van der Waals surface area contributed by atoms with Crippen molar-refractivity contribution in [1.29, 1.82) is 0 Å². The van der Waals surface area contributed by atoms with Gasteiger partial charge in [-0.1, -0.05) is 26.0 Å². The van der Waals surface area contributed by atoms with Gasteiger partial charge < -0.3 is 9.64 Å². The number of carbonyl (C=O) groups is 1. The predicted molar refractivity (Wildman–Crippen MR) is 120 cm³/mol. The molecular weight excluding hydrogens is 402 g/mol. The smallest absolute Gasteiger partial charge is 0.332 e. The summed E-state index contributed by atoms with van der Waals surface area (Å²) in [6, 6.07) is 8.99. The first-order valence-corrected chi connectivity index (χ1v) is 11.0. The fraction of sp³-hybridized carbons (Fsp3) is 0.409. The zero-order chi connectivity index (χ0) is 21.7. The average Bonchev–Trinajstić information content (AvgIpc) is 3.24. The molecular formula is C22H27N3O4S. The molecule has 0 aliphatic heterocycles. The lowest BCUT2D eigenvalue weighted by Crippen LogP contribution is -2.43. The maximum atomic E-state index is 13.3. The summed E-state index contributed by atoms with van der Waals surface area (Å²) in [6.45, 7) is 5.38. The molecule has 0 aliphatic carbocycles. The summed E-state index contributed by atoms with van der Waals surface area (Å²) in [4.78, 5) is 40.9. The molecule has 1 aromatic carbocycles. The van der Waals surface area contributed by atoms with Gasteiger partial charge in [-0.2, -0.15) is 0 Å². The van der Waals surface area contributed by atoms with Gasteiger partial charge >= 0.3 is 5.69 Å². The fourth-order valence-corrected chi connectivity index (χ4v) is 4.36. The number of fused-ring (bicyclic) bond motifs is 1. The number of carbonyl (C=O) groups excluding carboxylic acids is 1. The van der Waals surface area contributed by atoms with Crippen LogP contribution in [0.15, 0.2) is 45.3 Å². The lowest BCUT2D eigenvalue weighted by molar-refractivity contribution is -0.131. The maximum absolute atomic E-state index is 13.3. The molecule has 7 nitrogen and oxygen atoms in total. The van der Waals surface area contributed by atoms with Crippen molar-refractivity contribution >= 4 is 27.5 Å². The standard InChI is InChI=1S/C22H27N3O4S/c1-4-10-23(11-5-2)19(26)15-24-18-9-12-30-20(18)21(27)25(22(24)28)14-16-7-6-8-17(13-16)29-3/h6-9,12-13H,4-5,10-11,14-15H2,1-3H3. The molecule has 3 rings (SSSR count). The van der Waals surface area contributed by atoms with Crippen LogP contribution in [0.3, 0.4) is 0 Å². The molecule has 30 heavy (non-hydrogen) atoms. The van der Waals surface area contributed by atoms with E-state index >= 15 is 0 Å². The van der Waals surface area contributed by atoms with E-state index in [0.717, 1.165) is 18.4 Å². The first-order valence-electron chi connectivity index (χ1n) is 10.1. The number of thiophene rings is 1. The molecule has 0 aliphatic rings. The Labute approximate surface area is 179 Å². The molecule has 0 unspecified atom stereocenters. The van der Waals surface area contributed by atoms with E-state index in [1.165, 1.54) is 20.5 Å². The van der Waals surface area contributed by atoms with Gasteiger partial charge in [0.25, 0.3) is 5.56 Å². The first kappa shape index (κ1) is 21.8. The lowest BCUT2D eigenvalue weighted by atomic mass is 10.2. The number of hydrogen-bond donors (Lipinski definition) is 0. The third kappa shape index (κ3) is 4.48. The highest BCUT2D eigenvalue weighted by molar-refractivity contribution is 7.17. The Morgan fingerprint density at radius 3 is 2.50 bits per heavy atom. The molecule has 0 fully saturated rings. The van der Waals surface area contributed by atoms with Crippen LogP contribution in [0.5, 0.6) is 5.75 Å². The number of hydrogen-bond acceptors (Lipinski definition) is 5. The van der Waals surface area contributed by atoms with Crippen molar-refractivity contribution < 1.29 is 9.53 Å². The Hall–Kier alpha value is -2.87. The summed E-state index contributed by atoms with van der Waals surface area (Å²) in [5.41, 5.74) is 0.477. The second-order valence-corrected chi connectivity index (χ2v) is 8.04. The van der Waals surface area contributed by atoms with Crippen molar-refractivity contribution in [1.82, 2.24) is 14.0 Å². The van der Waals surface area contributed by atoms with E-state index in [-0.39, 0.29) is 24.6 Å². The van der Waals surface area contributed by atoms with E-state index in [0.29, 0.717) is 29.1 Å². The Balaban J connectivity index is 2.04. The Kier molecular flexibility index (Phi) is 7.10. The van der Waals surface area contributed by atoms with Crippen LogP contribution in [0.25, 0.3) is 10.2 Å². The van der Waals surface area contributed by atoms with Crippen LogP contribution in [0.1, 0.15) is 32.3 Å². The molecule has 2 heterocycles. The largest absolute Gasteiger partial charge is 0.497 e. The summed E-state index contributed by atoms with van der Waals surface area (Å²) in [5, 5.41) is 1.78. The van der Waals surface area contributed by atoms with Gasteiger partial charge in [0.2, 0.25) is 5.91 Å². The summed E-state index contributed by atoms with van der Waals surface area (Å²) in [6.07, 6.45) is 1.70. The number of benzene rings is 1. The highest BCUT2D eigenvalue weighted by atomic mass is 32.1. The lowest BCUT2D eigenvalue weighted by Gasteiger charge is -2.22. The third-order valence-corrected chi connectivity index (χ3v) is 5.84. The topological polar surface area (TPSA) is 73.5 Å². The number of nitrogens with zero attached hydrogens (tertiary/aromatic N) is 3. The monoisotopic (exact) mass is 429 g/mol. The fourth-order valence-electron chi connectivity index (χ4n) is 3.52. The van der Waals surface area contributed by atoms with E-state index in [1.54, 1.807) is 29.5 Å². The molecule has 0 radical (unpaired) electrons. The van der Waals surface area contributed by atoms with E-state index in [9.17, 15) is 14.4 Å². The van der Waals surface area contributed by atoms with Crippen molar-refractivity contribution in [2.75, 3.05) is 20.2 Å². The molecule has 2 aromatic heterocycles. The minimum absolute atomic E-state index is 0.0789. The van der Waals surface area contributed by atoms with Crippen LogP contribution in [0, 0.1) is 0 Å². The van der Waals surface area contributed by atoms with Crippen molar-refractivity contribution in [2.45, 2.75) is 39.8 Å². The molecule has 0 saturated heterocycles. The number of ether oxygens (including phenoxy) is 1. The highest BCUT2D eigenvalue weighted by Crippen LogP contribution is 2.17. The van der Waals surface area contributed by atoms with E-state index in [2.05, 4.69) is 0 Å². The Morgan fingerprint density at radius 2 is 1.83 bits per heavy atom. The van der Waals surface area contributed by atoms with Crippen LogP contribution >= 0.6 is 11.3 Å². The molecule has 3 aromatic rings. The molecule has 1 amide bonds. The van der Waals surface area contributed by atoms with Crippen LogP contribution in [0.4, 0.5) is 0 Å². The van der Waals surface area contributed by atoms with Crippen LogP contribution in [-0.4, -0.2) is 40.1 Å². The van der Waals surface area contributed by atoms with Crippen molar-refractivity contribution in [3.8, 4) is 5.75 Å². The quantitative estimate of drug-likeness (QED) is 0.524. The zero-order valence-electron chi connectivity index (χ0n) is 17.6. The minimum Gasteiger partial charge on any atom is -0.497 e. The van der Waals surface area contributed by atoms with Gasteiger partial charge in [-0.25, -0.2) is 4.79 Å². The number of rotatable bonds is 9. The molecule has 0 bridgehead atoms. The first-order chi connectivity index (χ1) is 14.5. The molecule has 0 atom stereocenters. The number of amides is 1. The second-order valence-electron chi connectivity index (χ2n) is 7.13. The Morgan fingerprint density at radius 1 is 1.10 bits per heavy atom. The van der Waals surface area contributed by atoms with E-state index < -0.39 is 5.69 Å².